The van der Waals surface area contributed by atoms with Crippen molar-refractivity contribution in [1.29, 1.82) is 0 Å². The molecule has 11 heavy (non-hydrogen) atoms. The Hall–Kier alpha value is -0.300. The fourth-order valence-corrected chi connectivity index (χ4v) is 0.682. The highest BCUT2D eigenvalue weighted by molar-refractivity contribution is 4.51. The van der Waals surface area contributed by atoms with Gasteiger partial charge in [-0.05, 0) is 26.2 Å². The molecule has 0 spiro atoms. The van der Waals surface area contributed by atoms with Crippen molar-refractivity contribution in [1.82, 2.24) is 0 Å². The van der Waals surface area contributed by atoms with Gasteiger partial charge in [0.15, 0.2) is 0 Å². The molecule has 0 heterocycles. The molecule has 0 radical (unpaired) electrons. The Bertz CT molecular complexity index is 59.3. The fourth-order valence-electron chi connectivity index (χ4n) is 0.682. The summed E-state index contributed by atoms with van der Waals surface area (Å²) in [6.07, 6.45) is 2.54. The van der Waals surface area contributed by atoms with Crippen LogP contribution >= 0.6 is 0 Å². The minimum atomic E-state index is -0.125. The van der Waals surface area contributed by atoms with Gasteiger partial charge in [0.05, 0.1) is 6.10 Å². The Labute approximate surface area is 72.1 Å². The van der Waals surface area contributed by atoms with Gasteiger partial charge in [0.2, 0.25) is 0 Å². The lowest BCUT2D eigenvalue weighted by Gasteiger charge is -2.04. The van der Waals surface area contributed by atoms with Crippen molar-refractivity contribution in [2.45, 2.75) is 47.6 Å². The Morgan fingerprint density at radius 1 is 1.36 bits per heavy atom. The van der Waals surface area contributed by atoms with Crippen LogP contribution in [0.3, 0.4) is 0 Å². The van der Waals surface area contributed by atoms with Crippen LogP contribution in [0, 0.1) is 5.92 Å². The summed E-state index contributed by atoms with van der Waals surface area (Å²) in [4.78, 5) is 0. The van der Waals surface area contributed by atoms with Crippen LogP contribution in [0.2, 0.25) is 0 Å². The third-order valence-corrected chi connectivity index (χ3v) is 0.813. The van der Waals surface area contributed by atoms with Crippen LogP contribution in [-0.4, -0.2) is 11.2 Å². The summed E-state index contributed by atoms with van der Waals surface area (Å²) in [6, 6.07) is 0. The monoisotopic (exact) mass is 160 g/mol. The van der Waals surface area contributed by atoms with E-state index in [0.29, 0.717) is 5.92 Å². The molecule has 0 aromatic heterocycles. The van der Waals surface area contributed by atoms with Gasteiger partial charge in [0.25, 0.3) is 0 Å². The van der Waals surface area contributed by atoms with Crippen molar-refractivity contribution >= 4 is 0 Å². The third-order valence-electron chi connectivity index (χ3n) is 0.813. The molecule has 0 saturated carbocycles. The van der Waals surface area contributed by atoms with E-state index in [9.17, 15) is 0 Å². The molecule has 0 fully saturated rings. The normalized spacial score (nSPS) is 10.7. The molecule has 0 aliphatic carbocycles. The van der Waals surface area contributed by atoms with Gasteiger partial charge in [-0.1, -0.05) is 27.4 Å². The van der Waals surface area contributed by atoms with E-state index in [1.54, 1.807) is 6.08 Å². The molecule has 0 bridgehead atoms. The van der Waals surface area contributed by atoms with Crippen LogP contribution in [0.4, 0.5) is 0 Å². The lowest BCUT2D eigenvalue weighted by molar-refractivity contribution is 0.168. The SMILES string of the molecule is C.C=CC.CC(C)CC(C)O. The maximum atomic E-state index is 8.72. The van der Waals surface area contributed by atoms with E-state index in [0.717, 1.165) is 6.42 Å². The molecule has 0 aliphatic heterocycles. The summed E-state index contributed by atoms with van der Waals surface area (Å²) < 4.78 is 0. The van der Waals surface area contributed by atoms with Gasteiger partial charge in [0, 0.05) is 0 Å². The van der Waals surface area contributed by atoms with Crippen molar-refractivity contribution in [2.75, 3.05) is 0 Å². The lowest BCUT2D eigenvalue weighted by Crippen LogP contribution is -2.03. The highest BCUT2D eigenvalue weighted by atomic mass is 16.3. The number of allylic oxidation sites excluding steroid dienone is 1. The summed E-state index contributed by atoms with van der Waals surface area (Å²) in [7, 11) is 0. The topological polar surface area (TPSA) is 20.2 Å². The summed E-state index contributed by atoms with van der Waals surface area (Å²) in [5.74, 6) is 0.625. The van der Waals surface area contributed by atoms with Gasteiger partial charge in [0.1, 0.15) is 0 Å². The zero-order chi connectivity index (χ0) is 8.57. The van der Waals surface area contributed by atoms with E-state index in [1.807, 2.05) is 13.8 Å². The van der Waals surface area contributed by atoms with Crippen LogP contribution in [0.5, 0.6) is 0 Å². The molecular weight excluding hydrogens is 136 g/mol. The van der Waals surface area contributed by atoms with Gasteiger partial charge < -0.3 is 5.11 Å². The van der Waals surface area contributed by atoms with Crippen molar-refractivity contribution in [3.63, 3.8) is 0 Å². The van der Waals surface area contributed by atoms with E-state index < -0.39 is 0 Å². The quantitative estimate of drug-likeness (QED) is 0.615. The minimum absolute atomic E-state index is 0. The fraction of sp³-hybridized carbons (Fsp3) is 0.800. The standard InChI is InChI=1S/C6H14O.C3H6.CH4/c1-5(2)4-6(3)7;1-3-2;/h5-7H,4H2,1-3H3;3H,1H2,2H3;1H4. The van der Waals surface area contributed by atoms with E-state index in [1.165, 1.54) is 0 Å². The predicted molar refractivity (Wildman–Crippen MR) is 53.7 cm³/mol. The van der Waals surface area contributed by atoms with Crippen molar-refractivity contribution < 1.29 is 5.11 Å². The summed E-state index contributed by atoms with van der Waals surface area (Å²) >= 11 is 0. The molecule has 0 aromatic carbocycles. The highest BCUT2D eigenvalue weighted by Gasteiger charge is 1.97. The zero-order valence-electron chi connectivity index (χ0n) is 7.59. The second-order valence-electron chi connectivity index (χ2n) is 2.89. The van der Waals surface area contributed by atoms with Crippen LogP contribution in [-0.2, 0) is 0 Å². The van der Waals surface area contributed by atoms with Crippen LogP contribution in [0.1, 0.15) is 41.5 Å². The van der Waals surface area contributed by atoms with Gasteiger partial charge in [-0.2, -0.15) is 0 Å². The molecule has 0 amide bonds. The van der Waals surface area contributed by atoms with Gasteiger partial charge in [-0.15, -0.1) is 6.58 Å². The van der Waals surface area contributed by atoms with Gasteiger partial charge in [-0.3, -0.25) is 0 Å². The minimum Gasteiger partial charge on any atom is -0.393 e. The molecule has 70 valence electrons. The maximum absolute atomic E-state index is 8.72. The second kappa shape index (κ2) is 12.4. The Kier molecular flexibility index (Phi) is 19.1. The first kappa shape index (κ1) is 17.0. The lowest BCUT2D eigenvalue weighted by atomic mass is 10.1. The number of aliphatic hydroxyl groups excluding tert-OH is 1. The number of aliphatic hydroxyl groups is 1. The molecule has 0 aliphatic rings. The highest BCUT2D eigenvalue weighted by Crippen LogP contribution is 2.01. The number of hydrogen-bond donors (Lipinski definition) is 1. The second-order valence-corrected chi connectivity index (χ2v) is 2.89. The van der Waals surface area contributed by atoms with Gasteiger partial charge in [-0.25, -0.2) is 0 Å². The molecule has 1 heteroatoms. The maximum Gasteiger partial charge on any atom is 0.0514 e. The first-order valence-corrected chi connectivity index (χ1v) is 3.79. The molecular formula is C10H24O. The van der Waals surface area contributed by atoms with Crippen molar-refractivity contribution in [3.05, 3.63) is 12.7 Å². The Morgan fingerprint density at radius 2 is 1.64 bits per heavy atom. The molecule has 1 atom stereocenters. The van der Waals surface area contributed by atoms with E-state index >= 15 is 0 Å². The van der Waals surface area contributed by atoms with Gasteiger partial charge >= 0.3 is 0 Å². The first-order chi connectivity index (χ1) is 4.54. The van der Waals surface area contributed by atoms with Crippen LogP contribution < -0.4 is 0 Å². The van der Waals surface area contributed by atoms with E-state index in [-0.39, 0.29) is 13.5 Å². The number of rotatable bonds is 2. The molecule has 1 nitrogen and oxygen atoms in total. The molecule has 0 aromatic rings. The largest absolute Gasteiger partial charge is 0.393 e. The van der Waals surface area contributed by atoms with Crippen molar-refractivity contribution in [3.8, 4) is 0 Å². The average Bonchev–Trinajstić information content (AvgIpc) is 1.62. The average molecular weight is 160 g/mol. The first-order valence-electron chi connectivity index (χ1n) is 3.79. The molecule has 1 unspecified atom stereocenters. The zero-order valence-corrected chi connectivity index (χ0v) is 7.59. The van der Waals surface area contributed by atoms with Crippen molar-refractivity contribution in [2.24, 2.45) is 5.92 Å². The molecule has 1 N–H and O–H groups in total. The van der Waals surface area contributed by atoms with Crippen LogP contribution in [0.15, 0.2) is 12.7 Å². The van der Waals surface area contributed by atoms with Crippen LogP contribution in [0.25, 0.3) is 0 Å². The third kappa shape index (κ3) is 42.0. The Morgan fingerprint density at radius 3 is 1.64 bits per heavy atom. The molecule has 0 saturated heterocycles. The summed E-state index contributed by atoms with van der Waals surface area (Å²) in [5.41, 5.74) is 0. The smallest absolute Gasteiger partial charge is 0.0514 e. The molecule has 0 rings (SSSR count). The van der Waals surface area contributed by atoms with E-state index in [2.05, 4.69) is 20.4 Å². The number of hydrogen-bond acceptors (Lipinski definition) is 1. The summed E-state index contributed by atoms with van der Waals surface area (Å²) in [6.45, 7) is 11.3. The Balaban J connectivity index is -0.000000140. The van der Waals surface area contributed by atoms with E-state index in [4.69, 9.17) is 5.11 Å². The summed E-state index contributed by atoms with van der Waals surface area (Å²) in [5, 5.41) is 8.72. The predicted octanol–water partition coefficient (Wildman–Crippen LogP) is 3.24.